The van der Waals surface area contributed by atoms with Crippen LogP contribution < -0.4 is 5.32 Å². The van der Waals surface area contributed by atoms with Crippen LogP contribution in [-0.4, -0.2) is 24.3 Å². The van der Waals surface area contributed by atoms with Gasteiger partial charge in [-0.05, 0) is 38.6 Å². The van der Waals surface area contributed by atoms with E-state index in [0.717, 1.165) is 25.3 Å². The van der Waals surface area contributed by atoms with Crippen LogP contribution in [0.5, 0.6) is 0 Å². The highest BCUT2D eigenvalue weighted by atomic mass is 16.2. The summed E-state index contributed by atoms with van der Waals surface area (Å²) in [6, 6.07) is 0.568. The molecule has 0 radical (unpaired) electrons. The third-order valence-electron chi connectivity index (χ3n) is 3.80. The summed E-state index contributed by atoms with van der Waals surface area (Å²) in [6.45, 7) is 3.69. The molecule has 1 aliphatic rings. The molecule has 0 aromatic rings. The molecule has 1 aliphatic carbocycles. The zero-order valence-corrected chi connectivity index (χ0v) is 10.9. The van der Waals surface area contributed by atoms with Gasteiger partial charge in [0.25, 0.3) is 0 Å². The van der Waals surface area contributed by atoms with Crippen LogP contribution in [0.2, 0.25) is 0 Å². The number of aliphatic hydroxyl groups excluding tert-OH is 1. The van der Waals surface area contributed by atoms with Crippen molar-refractivity contribution in [2.24, 2.45) is 5.92 Å². The molecule has 96 valence electrons. The quantitative estimate of drug-likeness (QED) is 0.593. The first kappa shape index (κ1) is 14.0. The zero-order valence-electron chi connectivity index (χ0n) is 10.9. The van der Waals surface area contributed by atoms with Gasteiger partial charge in [-0.3, -0.25) is 0 Å². The van der Waals surface area contributed by atoms with Crippen molar-refractivity contribution in [2.75, 3.05) is 13.2 Å². The van der Waals surface area contributed by atoms with Gasteiger partial charge in [-0.15, -0.1) is 0 Å². The summed E-state index contributed by atoms with van der Waals surface area (Å²) in [5.74, 6) is 1.05. The molecule has 0 aromatic heterocycles. The van der Waals surface area contributed by atoms with Gasteiger partial charge in [0, 0.05) is 12.6 Å². The van der Waals surface area contributed by atoms with Crippen molar-refractivity contribution in [1.29, 1.82) is 0 Å². The predicted octanol–water partition coefficient (Wildman–Crippen LogP) is 3.10. The summed E-state index contributed by atoms with van der Waals surface area (Å²) in [5, 5.41) is 12.2. The summed E-state index contributed by atoms with van der Waals surface area (Å²) in [5.41, 5.74) is 0. The second kappa shape index (κ2) is 9.00. The first-order valence-electron chi connectivity index (χ1n) is 7.17. The van der Waals surface area contributed by atoms with Crippen LogP contribution in [0.1, 0.15) is 64.7 Å². The van der Waals surface area contributed by atoms with Crippen molar-refractivity contribution >= 4 is 0 Å². The molecule has 0 spiro atoms. The average molecular weight is 227 g/mol. The van der Waals surface area contributed by atoms with Gasteiger partial charge in [-0.25, -0.2) is 0 Å². The van der Waals surface area contributed by atoms with E-state index in [1.807, 2.05) is 0 Å². The molecule has 0 heterocycles. The average Bonchev–Trinajstić information content (AvgIpc) is 2.79. The number of nitrogens with one attached hydrogen (secondary N) is 1. The van der Waals surface area contributed by atoms with Crippen molar-refractivity contribution < 1.29 is 5.11 Å². The van der Waals surface area contributed by atoms with Gasteiger partial charge in [0.1, 0.15) is 0 Å². The van der Waals surface area contributed by atoms with Crippen LogP contribution in [0, 0.1) is 5.92 Å². The monoisotopic (exact) mass is 227 g/mol. The molecule has 16 heavy (non-hydrogen) atoms. The lowest BCUT2D eigenvalue weighted by Crippen LogP contribution is -2.27. The molecule has 2 nitrogen and oxygen atoms in total. The Kier molecular flexibility index (Phi) is 7.87. The number of aliphatic hydroxyl groups is 1. The summed E-state index contributed by atoms with van der Waals surface area (Å²) in [6.07, 6.45) is 12.1. The van der Waals surface area contributed by atoms with E-state index < -0.39 is 0 Å². The molecule has 0 aliphatic heterocycles. The fourth-order valence-corrected chi connectivity index (χ4v) is 2.71. The minimum Gasteiger partial charge on any atom is -0.396 e. The highest BCUT2D eigenvalue weighted by molar-refractivity contribution is 4.67. The standard InChI is InChI=1S/C14H29NO/c1-13(7-6-12-16)15-11-5-4-10-14-8-2-3-9-14/h13-16H,2-12H2,1H3. The molecular weight excluding hydrogens is 198 g/mol. The minimum absolute atomic E-state index is 0.327. The van der Waals surface area contributed by atoms with Gasteiger partial charge in [-0.2, -0.15) is 0 Å². The molecule has 2 N–H and O–H groups in total. The van der Waals surface area contributed by atoms with E-state index in [1.54, 1.807) is 0 Å². The van der Waals surface area contributed by atoms with Crippen LogP contribution in [0.3, 0.4) is 0 Å². The maximum Gasteiger partial charge on any atom is 0.0431 e. The van der Waals surface area contributed by atoms with E-state index in [9.17, 15) is 0 Å². The third kappa shape index (κ3) is 6.49. The van der Waals surface area contributed by atoms with Crippen molar-refractivity contribution in [1.82, 2.24) is 5.32 Å². The van der Waals surface area contributed by atoms with Crippen molar-refractivity contribution in [2.45, 2.75) is 70.8 Å². The van der Waals surface area contributed by atoms with E-state index in [0.29, 0.717) is 12.6 Å². The molecular formula is C14H29NO. The molecule has 2 heteroatoms. The first-order valence-corrected chi connectivity index (χ1v) is 7.17. The predicted molar refractivity (Wildman–Crippen MR) is 69.6 cm³/mol. The summed E-state index contributed by atoms with van der Waals surface area (Å²) in [7, 11) is 0. The molecule has 0 bridgehead atoms. The Hall–Kier alpha value is -0.0800. The smallest absolute Gasteiger partial charge is 0.0431 e. The Morgan fingerprint density at radius 1 is 1.19 bits per heavy atom. The lowest BCUT2D eigenvalue weighted by Gasteiger charge is -2.13. The molecule has 0 aromatic carbocycles. The highest BCUT2D eigenvalue weighted by Gasteiger charge is 2.13. The third-order valence-corrected chi connectivity index (χ3v) is 3.80. The molecule has 0 saturated heterocycles. The summed E-state index contributed by atoms with van der Waals surface area (Å²) in [4.78, 5) is 0. The Balaban J connectivity index is 1.83. The van der Waals surface area contributed by atoms with Crippen LogP contribution >= 0.6 is 0 Å². The van der Waals surface area contributed by atoms with Crippen LogP contribution in [0.15, 0.2) is 0 Å². The Morgan fingerprint density at radius 2 is 1.94 bits per heavy atom. The molecule has 1 fully saturated rings. The fourth-order valence-electron chi connectivity index (χ4n) is 2.71. The van der Waals surface area contributed by atoms with E-state index in [4.69, 9.17) is 5.11 Å². The zero-order chi connectivity index (χ0) is 11.6. The van der Waals surface area contributed by atoms with Gasteiger partial charge < -0.3 is 10.4 Å². The van der Waals surface area contributed by atoms with Gasteiger partial charge in [0.15, 0.2) is 0 Å². The first-order chi connectivity index (χ1) is 7.83. The van der Waals surface area contributed by atoms with Gasteiger partial charge in [-0.1, -0.05) is 38.5 Å². The SMILES string of the molecule is CC(CCCO)NCCCCC1CCCC1. The molecule has 1 unspecified atom stereocenters. The topological polar surface area (TPSA) is 32.3 Å². The van der Waals surface area contributed by atoms with E-state index in [2.05, 4.69) is 12.2 Å². The largest absolute Gasteiger partial charge is 0.396 e. The Bertz CT molecular complexity index is 155. The maximum absolute atomic E-state index is 8.72. The van der Waals surface area contributed by atoms with Crippen LogP contribution in [0.4, 0.5) is 0 Å². The fraction of sp³-hybridized carbons (Fsp3) is 1.00. The second-order valence-electron chi connectivity index (χ2n) is 5.37. The molecule has 1 atom stereocenters. The molecule has 1 rings (SSSR count). The van der Waals surface area contributed by atoms with Crippen molar-refractivity contribution in [3.05, 3.63) is 0 Å². The van der Waals surface area contributed by atoms with E-state index in [1.165, 1.54) is 44.9 Å². The lowest BCUT2D eigenvalue weighted by molar-refractivity contribution is 0.276. The Morgan fingerprint density at radius 3 is 2.62 bits per heavy atom. The number of unbranched alkanes of at least 4 members (excludes halogenated alkanes) is 1. The number of hydrogen-bond acceptors (Lipinski definition) is 2. The number of rotatable bonds is 9. The summed E-state index contributed by atoms with van der Waals surface area (Å²) >= 11 is 0. The van der Waals surface area contributed by atoms with Gasteiger partial charge >= 0.3 is 0 Å². The normalized spacial score (nSPS) is 19.1. The van der Waals surface area contributed by atoms with Crippen LogP contribution in [-0.2, 0) is 0 Å². The van der Waals surface area contributed by atoms with Gasteiger partial charge in [0.2, 0.25) is 0 Å². The number of hydrogen-bond donors (Lipinski definition) is 2. The van der Waals surface area contributed by atoms with Crippen LogP contribution in [0.25, 0.3) is 0 Å². The van der Waals surface area contributed by atoms with E-state index >= 15 is 0 Å². The summed E-state index contributed by atoms with van der Waals surface area (Å²) < 4.78 is 0. The lowest BCUT2D eigenvalue weighted by atomic mass is 10.0. The second-order valence-corrected chi connectivity index (χ2v) is 5.37. The Labute approximate surface area is 101 Å². The van der Waals surface area contributed by atoms with Crippen molar-refractivity contribution in [3.8, 4) is 0 Å². The maximum atomic E-state index is 8.72. The van der Waals surface area contributed by atoms with Gasteiger partial charge in [0.05, 0.1) is 0 Å². The van der Waals surface area contributed by atoms with E-state index in [-0.39, 0.29) is 0 Å². The minimum atomic E-state index is 0.327. The highest BCUT2D eigenvalue weighted by Crippen LogP contribution is 2.28. The van der Waals surface area contributed by atoms with Crippen molar-refractivity contribution in [3.63, 3.8) is 0 Å². The molecule has 0 amide bonds. The molecule has 1 saturated carbocycles.